The molecule has 0 unspecified atom stereocenters. The minimum Gasteiger partial charge on any atom is -0.506 e. The molecule has 0 saturated carbocycles. The number of nitriles is 1. The van der Waals surface area contributed by atoms with E-state index in [2.05, 4.69) is 4.98 Å². The number of aromatic nitrogens is 1. The summed E-state index contributed by atoms with van der Waals surface area (Å²) in [6, 6.07) is 14.0. The molecular weight excluding hydrogens is 315 g/mol. The minimum absolute atomic E-state index is 0.0953. The molecule has 1 aromatic heterocycles. The van der Waals surface area contributed by atoms with Crippen molar-refractivity contribution in [3.05, 3.63) is 75.3 Å². The van der Waals surface area contributed by atoms with Crippen molar-refractivity contribution in [3.8, 4) is 6.07 Å². The Bertz CT molecular complexity index is 1030. The number of allylic oxidation sites excluding steroid dienone is 1. The number of aliphatic hydroxyl groups excluding tert-OH is 1. The van der Waals surface area contributed by atoms with Crippen LogP contribution < -0.4 is 5.56 Å². The SMILES string of the molecule is N#C/C(=C(/O)c1cccc(F)c1)c1nc(=O)c2ccccc2s1. The number of rotatable bonds is 2. The van der Waals surface area contributed by atoms with Crippen molar-refractivity contribution in [1.82, 2.24) is 4.98 Å². The van der Waals surface area contributed by atoms with E-state index in [9.17, 15) is 19.6 Å². The number of hydrogen-bond donors (Lipinski definition) is 1. The second-order valence-electron chi connectivity index (χ2n) is 4.67. The van der Waals surface area contributed by atoms with Crippen molar-refractivity contribution in [2.24, 2.45) is 0 Å². The van der Waals surface area contributed by atoms with Gasteiger partial charge in [0, 0.05) is 10.3 Å². The highest BCUT2D eigenvalue weighted by molar-refractivity contribution is 7.19. The monoisotopic (exact) mass is 324 g/mol. The summed E-state index contributed by atoms with van der Waals surface area (Å²) in [4.78, 5) is 15.9. The van der Waals surface area contributed by atoms with Gasteiger partial charge in [-0.2, -0.15) is 10.2 Å². The van der Waals surface area contributed by atoms with Gasteiger partial charge in [-0.25, -0.2) is 4.39 Å². The molecule has 0 aliphatic heterocycles. The summed E-state index contributed by atoms with van der Waals surface area (Å²) in [6.45, 7) is 0. The minimum atomic E-state index is -0.536. The van der Waals surface area contributed by atoms with Crippen molar-refractivity contribution in [2.45, 2.75) is 0 Å². The van der Waals surface area contributed by atoms with E-state index in [1.54, 1.807) is 24.3 Å². The van der Waals surface area contributed by atoms with E-state index in [0.717, 1.165) is 17.4 Å². The van der Waals surface area contributed by atoms with Gasteiger partial charge < -0.3 is 5.11 Å². The fraction of sp³-hybridized carbons (Fsp3) is 0. The van der Waals surface area contributed by atoms with Gasteiger partial charge in [0.05, 0.1) is 5.39 Å². The second kappa shape index (κ2) is 5.99. The predicted octanol–water partition coefficient (Wildman–Crippen LogP) is 3.75. The fourth-order valence-electron chi connectivity index (χ4n) is 2.10. The summed E-state index contributed by atoms with van der Waals surface area (Å²) in [5.74, 6) is -0.948. The van der Waals surface area contributed by atoms with Crippen molar-refractivity contribution >= 4 is 32.8 Å². The maximum Gasteiger partial charge on any atom is 0.279 e. The van der Waals surface area contributed by atoms with E-state index >= 15 is 0 Å². The molecule has 1 heterocycles. The Morgan fingerprint density at radius 3 is 2.74 bits per heavy atom. The number of nitrogens with zero attached hydrogens (tertiary/aromatic N) is 2. The summed E-state index contributed by atoms with van der Waals surface area (Å²) in [5.41, 5.74) is -0.492. The Morgan fingerprint density at radius 2 is 2.00 bits per heavy atom. The van der Waals surface area contributed by atoms with E-state index in [4.69, 9.17) is 0 Å². The van der Waals surface area contributed by atoms with Crippen LogP contribution >= 0.6 is 11.3 Å². The number of aliphatic hydroxyl groups is 1. The molecule has 0 aliphatic rings. The van der Waals surface area contributed by atoms with Crippen LogP contribution in [0.25, 0.3) is 21.4 Å². The van der Waals surface area contributed by atoms with Crippen LogP contribution in [0.15, 0.2) is 53.3 Å². The quantitative estimate of drug-likeness (QED) is 0.575. The van der Waals surface area contributed by atoms with Crippen LogP contribution in [-0.2, 0) is 0 Å². The van der Waals surface area contributed by atoms with Crippen LogP contribution in [0.5, 0.6) is 0 Å². The van der Waals surface area contributed by atoms with Gasteiger partial charge >= 0.3 is 0 Å². The van der Waals surface area contributed by atoms with Gasteiger partial charge in [0.2, 0.25) is 0 Å². The summed E-state index contributed by atoms with van der Waals surface area (Å²) < 4.78 is 13.9. The van der Waals surface area contributed by atoms with Crippen LogP contribution in [0.2, 0.25) is 0 Å². The van der Waals surface area contributed by atoms with E-state index < -0.39 is 17.1 Å². The van der Waals surface area contributed by atoms with E-state index in [-0.39, 0.29) is 16.1 Å². The molecule has 3 rings (SSSR count). The molecule has 0 amide bonds. The van der Waals surface area contributed by atoms with Gasteiger partial charge in [0.15, 0.2) is 0 Å². The van der Waals surface area contributed by atoms with Crippen LogP contribution in [-0.4, -0.2) is 10.1 Å². The molecule has 0 aliphatic carbocycles. The molecule has 0 bridgehead atoms. The number of benzene rings is 2. The summed E-state index contributed by atoms with van der Waals surface area (Å²) in [5, 5.41) is 20.2. The normalized spacial score (nSPS) is 11.8. The van der Waals surface area contributed by atoms with Crippen molar-refractivity contribution in [3.63, 3.8) is 0 Å². The third-order valence-electron chi connectivity index (χ3n) is 3.19. The number of halogens is 1. The second-order valence-corrected chi connectivity index (χ2v) is 5.70. The molecular formula is C17H9FN2O2S. The first-order valence-electron chi connectivity index (χ1n) is 6.59. The average molecular weight is 324 g/mol. The molecule has 0 radical (unpaired) electrons. The van der Waals surface area contributed by atoms with Gasteiger partial charge in [0.25, 0.3) is 5.56 Å². The van der Waals surface area contributed by atoms with Crippen molar-refractivity contribution < 1.29 is 9.50 Å². The molecule has 0 spiro atoms. The molecule has 23 heavy (non-hydrogen) atoms. The molecule has 2 aromatic carbocycles. The third kappa shape index (κ3) is 2.82. The topological polar surface area (TPSA) is 74.0 Å². The highest BCUT2D eigenvalue weighted by Crippen LogP contribution is 2.27. The molecule has 0 fully saturated rings. The molecule has 4 nitrogen and oxygen atoms in total. The first-order chi connectivity index (χ1) is 11.1. The van der Waals surface area contributed by atoms with E-state index in [1.807, 2.05) is 6.07 Å². The van der Waals surface area contributed by atoms with Gasteiger partial charge in [-0.1, -0.05) is 24.3 Å². The zero-order valence-corrected chi connectivity index (χ0v) is 12.5. The van der Waals surface area contributed by atoms with Crippen LogP contribution in [0.4, 0.5) is 4.39 Å². The standard InChI is InChI=1S/C17H9FN2O2S/c18-11-5-3-4-10(8-11)15(21)13(9-19)17-20-16(22)12-6-1-2-7-14(12)23-17/h1-8,21H/b15-13-. The molecule has 0 saturated heterocycles. The Labute approximate surface area is 134 Å². The van der Waals surface area contributed by atoms with Crippen molar-refractivity contribution in [2.75, 3.05) is 0 Å². The van der Waals surface area contributed by atoms with E-state index in [0.29, 0.717) is 10.1 Å². The number of hydrogen-bond acceptors (Lipinski definition) is 5. The van der Waals surface area contributed by atoms with E-state index in [1.165, 1.54) is 18.2 Å². The van der Waals surface area contributed by atoms with Crippen LogP contribution in [0.3, 0.4) is 0 Å². The lowest BCUT2D eigenvalue weighted by atomic mass is 10.1. The zero-order valence-electron chi connectivity index (χ0n) is 11.7. The highest BCUT2D eigenvalue weighted by Gasteiger charge is 2.15. The van der Waals surface area contributed by atoms with Crippen LogP contribution in [0.1, 0.15) is 10.6 Å². The highest BCUT2D eigenvalue weighted by atomic mass is 32.1. The van der Waals surface area contributed by atoms with Gasteiger partial charge in [-0.3, -0.25) is 4.79 Å². The fourth-order valence-corrected chi connectivity index (χ4v) is 3.09. The first kappa shape index (κ1) is 14.9. The molecule has 112 valence electrons. The Kier molecular flexibility index (Phi) is 3.87. The average Bonchev–Trinajstić information content (AvgIpc) is 2.55. The Morgan fingerprint density at radius 1 is 1.22 bits per heavy atom. The van der Waals surface area contributed by atoms with Crippen LogP contribution in [0, 0.1) is 17.1 Å². The lowest BCUT2D eigenvalue weighted by Gasteiger charge is -2.05. The number of fused-ring (bicyclic) bond motifs is 1. The van der Waals surface area contributed by atoms with Gasteiger partial charge in [-0.05, 0) is 24.3 Å². The van der Waals surface area contributed by atoms with Gasteiger partial charge in [-0.15, -0.1) is 11.3 Å². The largest absolute Gasteiger partial charge is 0.506 e. The molecule has 1 N–H and O–H groups in total. The third-order valence-corrected chi connectivity index (χ3v) is 4.25. The maximum atomic E-state index is 13.3. The first-order valence-corrected chi connectivity index (χ1v) is 7.41. The summed E-state index contributed by atoms with van der Waals surface area (Å²) >= 11 is 1.12. The lowest BCUT2D eigenvalue weighted by molar-refractivity contribution is 0.512. The van der Waals surface area contributed by atoms with Crippen molar-refractivity contribution in [1.29, 1.82) is 5.26 Å². The molecule has 0 atom stereocenters. The Balaban J connectivity index is 2.24. The summed E-state index contributed by atoms with van der Waals surface area (Å²) in [6.07, 6.45) is 0. The predicted molar refractivity (Wildman–Crippen MR) is 87.3 cm³/mol. The van der Waals surface area contributed by atoms with Gasteiger partial charge in [0.1, 0.15) is 28.2 Å². The molecule has 3 aromatic rings. The smallest absolute Gasteiger partial charge is 0.279 e. The maximum absolute atomic E-state index is 13.3. The molecule has 6 heteroatoms. The Hall–Kier alpha value is -3.04. The lowest BCUT2D eigenvalue weighted by Crippen LogP contribution is -2.07. The summed E-state index contributed by atoms with van der Waals surface area (Å²) in [7, 11) is 0. The zero-order chi connectivity index (χ0) is 16.4.